The molecule has 0 aromatic heterocycles. The Kier molecular flexibility index (Phi) is 2.69. The fourth-order valence-corrected chi connectivity index (χ4v) is 0.696. The van der Waals surface area contributed by atoms with Gasteiger partial charge in [-0.2, -0.15) is 0 Å². The molecular formula is C7H7BNO2. The average molecular weight is 148 g/mol. The lowest BCUT2D eigenvalue weighted by molar-refractivity contribution is 0.266. The minimum absolute atomic E-state index is 0.493. The number of nitrogens with one attached hydrogen (secondary N) is 1. The zero-order valence-electron chi connectivity index (χ0n) is 5.82. The molecule has 0 heterocycles. The summed E-state index contributed by atoms with van der Waals surface area (Å²) in [5.74, 6) is -0.517. The first-order chi connectivity index (χ1) is 5.33. The summed E-state index contributed by atoms with van der Waals surface area (Å²) in [6, 6.07) is 8.92. The summed E-state index contributed by atoms with van der Waals surface area (Å²) in [6.07, 6.45) is 0. The Morgan fingerprint density at radius 3 is 2.55 bits per heavy atom. The number of hydrogen-bond donors (Lipinski definition) is 2. The monoisotopic (exact) mass is 148 g/mol. The van der Waals surface area contributed by atoms with E-state index in [1.807, 2.05) is 6.07 Å². The first-order valence-electron chi connectivity index (χ1n) is 3.16. The van der Waals surface area contributed by atoms with Crippen LogP contribution >= 0.6 is 0 Å². The number of benzene rings is 1. The van der Waals surface area contributed by atoms with E-state index in [0.29, 0.717) is 13.2 Å². The van der Waals surface area contributed by atoms with Gasteiger partial charge in [0.25, 0.3) is 0 Å². The van der Waals surface area contributed by atoms with Crippen LogP contribution in [0, 0.1) is 0 Å². The van der Waals surface area contributed by atoms with E-state index in [-0.39, 0.29) is 0 Å². The fourth-order valence-electron chi connectivity index (χ4n) is 0.696. The maximum atomic E-state index is 10.6. The summed E-state index contributed by atoms with van der Waals surface area (Å²) in [4.78, 5) is 10.6. The van der Waals surface area contributed by atoms with Gasteiger partial charge in [-0.05, 0) is 12.1 Å². The summed E-state index contributed by atoms with van der Waals surface area (Å²) in [5.41, 5.74) is 0.669. The van der Waals surface area contributed by atoms with Gasteiger partial charge in [-0.1, -0.05) is 18.2 Å². The molecule has 0 unspecified atom stereocenters. The molecule has 0 fully saturated rings. The molecular weight excluding hydrogens is 141 g/mol. The van der Waals surface area contributed by atoms with E-state index in [0.717, 1.165) is 0 Å². The van der Waals surface area contributed by atoms with Crippen molar-refractivity contribution < 1.29 is 9.82 Å². The van der Waals surface area contributed by atoms with Crippen molar-refractivity contribution in [1.82, 2.24) is 0 Å². The second-order valence-corrected chi connectivity index (χ2v) is 1.98. The van der Waals surface area contributed by atoms with Crippen LogP contribution in [0.2, 0.25) is 0 Å². The van der Waals surface area contributed by atoms with Crippen LogP contribution in [-0.4, -0.2) is 18.3 Å². The van der Waals surface area contributed by atoms with E-state index < -0.39 is 5.81 Å². The van der Waals surface area contributed by atoms with Crippen LogP contribution in [0.4, 0.5) is 10.5 Å². The molecule has 1 aromatic rings. The number of anilines is 1. The van der Waals surface area contributed by atoms with E-state index in [4.69, 9.17) is 5.02 Å². The third-order valence-corrected chi connectivity index (χ3v) is 1.16. The first-order valence-corrected chi connectivity index (χ1v) is 3.16. The number of carbonyl (C=O) groups is 1. The maximum absolute atomic E-state index is 10.6. The third-order valence-electron chi connectivity index (χ3n) is 1.16. The summed E-state index contributed by atoms with van der Waals surface area (Å²) < 4.78 is 0. The Morgan fingerprint density at radius 1 is 1.36 bits per heavy atom. The summed E-state index contributed by atoms with van der Waals surface area (Å²) >= 11 is 0. The first kappa shape index (κ1) is 7.82. The van der Waals surface area contributed by atoms with Gasteiger partial charge < -0.3 is 10.3 Å². The van der Waals surface area contributed by atoms with Crippen LogP contribution in [0.1, 0.15) is 0 Å². The van der Waals surface area contributed by atoms with Gasteiger partial charge in [-0.3, -0.25) is 4.79 Å². The van der Waals surface area contributed by atoms with E-state index in [1.54, 1.807) is 24.3 Å². The van der Waals surface area contributed by atoms with Gasteiger partial charge in [0.05, 0.1) is 0 Å². The van der Waals surface area contributed by atoms with Crippen molar-refractivity contribution in [2.45, 2.75) is 0 Å². The highest BCUT2D eigenvalue weighted by molar-refractivity contribution is 6.70. The molecule has 1 rings (SSSR count). The van der Waals surface area contributed by atoms with Crippen LogP contribution in [-0.2, 0) is 0 Å². The van der Waals surface area contributed by atoms with Crippen LogP contribution in [0.3, 0.4) is 0 Å². The van der Waals surface area contributed by atoms with Crippen molar-refractivity contribution in [3.8, 4) is 0 Å². The maximum Gasteiger partial charge on any atom is 0.404 e. The molecule has 0 spiro atoms. The second-order valence-electron chi connectivity index (χ2n) is 1.98. The smallest absolute Gasteiger partial charge is 0.404 e. The predicted molar refractivity (Wildman–Crippen MR) is 43.4 cm³/mol. The molecule has 0 bridgehead atoms. The lowest BCUT2D eigenvalue weighted by Crippen LogP contribution is -2.16. The number of amides is 1. The molecule has 1 amide bonds. The number of hydrogen-bond acceptors (Lipinski definition) is 2. The molecule has 0 aliphatic rings. The van der Waals surface area contributed by atoms with Crippen molar-refractivity contribution in [2.24, 2.45) is 0 Å². The van der Waals surface area contributed by atoms with Crippen molar-refractivity contribution in [2.75, 3.05) is 5.32 Å². The minimum atomic E-state index is -0.517. The van der Waals surface area contributed by atoms with E-state index in [9.17, 15) is 4.79 Å². The quantitative estimate of drug-likeness (QED) is 0.610. The molecule has 0 aliphatic heterocycles. The van der Waals surface area contributed by atoms with Crippen LogP contribution in [0.25, 0.3) is 0 Å². The van der Waals surface area contributed by atoms with Crippen molar-refractivity contribution >= 4 is 19.0 Å². The number of carbonyl (C=O) groups excluding carboxylic acids is 1. The van der Waals surface area contributed by atoms with E-state index in [1.165, 1.54) is 0 Å². The van der Waals surface area contributed by atoms with Gasteiger partial charge in [0.15, 0.2) is 0 Å². The lowest BCUT2D eigenvalue weighted by atomic mass is 10.0. The highest BCUT2D eigenvalue weighted by Crippen LogP contribution is 2.03. The standard InChI is InChI=1S/C7H7BNO2/c10-7(8-11)9-6-4-2-1-3-5-6/h1-5,11H,(H,9,10). The molecule has 0 saturated carbocycles. The SMILES string of the molecule is O=C([B]O)Nc1ccccc1. The highest BCUT2D eigenvalue weighted by Gasteiger charge is 1.99. The Labute approximate surface area is 65.3 Å². The molecule has 3 nitrogen and oxygen atoms in total. The molecule has 11 heavy (non-hydrogen) atoms. The Hall–Kier alpha value is -1.29. The zero-order chi connectivity index (χ0) is 8.10. The van der Waals surface area contributed by atoms with Gasteiger partial charge in [0.2, 0.25) is 5.81 Å². The molecule has 0 aliphatic carbocycles. The summed E-state index contributed by atoms with van der Waals surface area (Å²) in [6.45, 7) is 0. The molecule has 0 atom stereocenters. The second kappa shape index (κ2) is 3.78. The summed E-state index contributed by atoms with van der Waals surface area (Å²) in [7, 11) is 0.493. The lowest BCUT2D eigenvalue weighted by Gasteiger charge is -1.99. The average Bonchev–Trinajstić information content (AvgIpc) is 2.06. The molecule has 0 saturated heterocycles. The van der Waals surface area contributed by atoms with Crippen molar-refractivity contribution in [1.29, 1.82) is 0 Å². The predicted octanol–water partition coefficient (Wildman–Crippen LogP) is 0.830. The Balaban J connectivity index is 2.58. The Morgan fingerprint density at radius 2 is 2.00 bits per heavy atom. The Bertz CT molecular complexity index is 237. The van der Waals surface area contributed by atoms with Gasteiger partial charge in [-0.25, -0.2) is 0 Å². The molecule has 2 N–H and O–H groups in total. The van der Waals surface area contributed by atoms with Crippen molar-refractivity contribution in [3.63, 3.8) is 0 Å². The van der Waals surface area contributed by atoms with Crippen LogP contribution in [0.5, 0.6) is 0 Å². The number of para-hydroxylation sites is 1. The third kappa shape index (κ3) is 2.43. The van der Waals surface area contributed by atoms with Gasteiger partial charge >= 0.3 is 7.48 Å². The van der Waals surface area contributed by atoms with Gasteiger partial charge in [0.1, 0.15) is 0 Å². The normalized spacial score (nSPS) is 8.82. The van der Waals surface area contributed by atoms with Gasteiger partial charge in [0, 0.05) is 5.69 Å². The highest BCUT2D eigenvalue weighted by atomic mass is 16.2. The molecule has 1 aromatic carbocycles. The van der Waals surface area contributed by atoms with Crippen LogP contribution in [0.15, 0.2) is 30.3 Å². The molecule has 1 radical (unpaired) electrons. The topological polar surface area (TPSA) is 49.3 Å². The van der Waals surface area contributed by atoms with E-state index >= 15 is 0 Å². The summed E-state index contributed by atoms with van der Waals surface area (Å²) in [5, 5.41) is 10.7. The zero-order valence-corrected chi connectivity index (χ0v) is 5.82. The fraction of sp³-hybridized carbons (Fsp3) is 0. The minimum Gasteiger partial charge on any atom is -0.446 e. The molecule has 4 heteroatoms. The largest absolute Gasteiger partial charge is 0.446 e. The molecule has 55 valence electrons. The number of rotatable bonds is 2. The van der Waals surface area contributed by atoms with E-state index in [2.05, 4.69) is 5.32 Å². The van der Waals surface area contributed by atoms with Crippen molar-refractivity contribution in [3.05, 3.63) is 30.3 Å². The van der Waals surface area contributed by atoms with Crippen LogP contribution < -0.4 is 5.32 Å². The van der Waals surface area contributed by atoms with Gasteiger partial charge in [-0.15, -0.1) is 0 Å².